The van der Waals surface area contributed by atoms with Crippen molar-refractivity contribution in [1.29, 1.82) is 0 Å². The van der Waals surface area contributed by atoms with Crippen LogP contribution in [0.1, 0.15) is 24.5 Å². The second kappa shape index (κ2) is 5.16. The first-order valence-corrected chi connectivity index (χ1v) is 6.92. The maximum Gasteiger partial charge on any atom is 0.280 e. The standard InChI is InChI=1S/C12H13BrN4O2/c13-9-6-14-12(15-7-9)17-3-1-8(2-4-17)10-5-11(18)16-19-10/h5-8H,1-4H2,(H,16,18). The van der Waals surface area contributed by atoms with Gasteiger partial charge in [0.1, 0.15) is 5.76 Å². The van der Waals surface area contributed by atoms with Gasteiger partial charge in [-0.15, -0.1) is 0 Å². The van der Waals surface area contributed by atoms with E-state index in [-0.39, 0.29) is 5.56 Å². The van der Waals surface area contributed by atoms with Crippen molar-refractivity contribution in [1.82, 2.24) is 15.1 Å². The van der Waals surface area contributed by atoms with Crippen LogP contribution in [0.2, 0.25) is 0 Å². The zero-order chi connectivity index (χ0) is 13.2. The van der Waals surface area contributed by atoms with E-state index < -0.39 is 0 Å². The summed E-state index contributed by atoms with van der Waals surface area (Å²) in [5.74, 6) is 1.80. The highest BCUT2D eigenvalue weighted by atomic mass is 79.9. The molecule has 2 aromatic heterocycles. The summed E-state index contributed by atoms with van der Waals surface area (Å²) in [5.41, 5.74) is -0.173. The summed E-state index contributed by atoms with van der Waals surface area (Å²) in [6, 6.07) is 1.54. The number of piperidine rings is 1. The van der Waals surface area contributed by atoms with Gasteiger partial charge in [0.15, 0.2) is 0 Å². The minimum atomic E-state index is -0.173. The number of H-pyrrole nitrogens is 1. The third-order valence-corrected chi connectivity index (χ3v) is 3.74. The molecule has 6 nitrogen and oxygen atoms in total. The van der Waals surface area contributed by atoms with Gasteiger partial charge in [-0.25, -0.2) is 9.97 Å². The smallest absolute Gasteiger partial charge is 0.280 e. The van der Waals surface area contributed by atoms with E-state index in [9.17, 15) is 4.79 Å². The predicted octanol–water partition coefficient (Wildman–Crippen LogP) is 1.90. The Morgan fingerprint density at radius 1 is 1.32 bits per heavy atom. The third-order valence-electron chi connectivity index (χ3n) is 3.33. The monoisotopic (exact) mass is 324 g/mol. The zero-order valence-electron chi connectivity index (χ0n) is 10.2. The third kappa shape index (κ3) is 2.70. The molecular formula is C12H13BrN4O2. The van der Waals surface area contributed by atoms with Crippen LogP contribution in [0.4, 0.5) is 5.95 Å². The molecule has 2 aromatic rings. The average molecular weight is 325 g/mol. The molecule has 1 aliphatic heterocycles. The van der Waals surface area contributed by atoms with Crippen LogP contribution in [0.5, 0.6) is 0 Å². The molecule has 3 heterocycles. The summed E-state index contributed by atoms with van der Waals surface area (Å²) in [4.78, 5) is 21.8. The zero-order valence-corrected chi connectivity index (χ0v) is 11.8. The van der Waals surface area contributed by atoms with E-state index in [0.717, 1.165) is 42.1 Å². The van der Waals surface area contributed by atoms with E-state index in [2.05, 4.69) is 36.0 Å². The van der Waals surface area contributed by atoms with Crippen LogP contribution in [0.25, 0.3) is 0 Å². The van der Waals surface area contributed by atoms with Gasteiger partial charge in [0.2, 0.25) is 5.95 Å². The molecule has 1 fully saturated rings. The fourth-order valence-corrected chi connectivity index (χ4v) is 2.54. The fraction of sp³-hybridized carbons (Fsp3) is 0.417. The second-order valence-electron chi connectivity index (χ2n) is 4.58. The Hall–Kier alpha value is -1.63. The van der Waals surface area contributed by atoms with E-state index >= 15 is 0 Å². The van der Waals surface area contributed by atoms with E-state index in [1.165, 1.54) is 6.07 Å². The molecule has 0 bridgehead atoms. The van der Waals surface area contributed by atoms with Crippen LogP contribution >= 0.6 is 15.9 Å². The van der Waals surface area contributed by atoms with Gasteiger partial charge in [-0.2, -0.15) is 5.16 Å². The number of anilines is 1. The van der Waals surface area contributed by atoms with Gasteiger partial charge in [0.05, 0.1) is 4.47 Å². The van der Waals surface area contributed by atoms with E-state index in [0.29, 0.717) is 5.92 Å². The molecule has 1 aliphatic rings. The van der Waals surface area contributed by atoms with Crippen molar-refractivity contribution in [2.75, 3.05) is 18.0 Å². The van der Waals surface area contributed by atoms with Crippen molar-refractivity contribution in [2.24, 2.45) is 0 Å². The van der Waals surface area contributed by atoms with Gasteiger partial charge in [-0.1, -0.05) is 0 Å². The fourth-order valence-electron chi connectivity index (χ4n) is 2.33. The van der Waals surface area contributed by atoms with Gasteiger partial charge in [-0.05, 0) is 28.8 Å². The van der Waals surface area contributed by atoms with Gasteiger partial charge < -0.3 is 9.42 Å². The van der Waals surface area contributed by atoms with Gasteiger partial charge in [0.25, 0.3) is 5.56 Å². The molecule has 19 heavy (non-hydrogen) atoms. The van der Waals surface area contributed by atoms with Crippen LogP contribution in [-0.4, -0.2) is 28.2 Å². The number of rotatable bonds is 2. The topological polar surface area (TPSA) is 75.0 Å². The molecule has 3 rings (SSSR count). The second-order valence-corrected chi connectivity index (χ2v) is 5.49. The summed E-state index contributed by atoms with van der Waals surface area (Å²) in [7, 11) is 0. The first-order chi connectivity index (χ1) is 9.22. The van der Waals surface area contributed by atoms with Crippen molar-refractivity contribution < 1.29 is 4.52 Å². The molecule has 100 valence electrons. The van der Waals surface area contributed by atoms with Crippen LogP contribution in [0, 0.1) is 0 Å². The summed E-state index contributed by atoms with van der Waals surface area (Å²) < 4.78 is 6.04. The molecule has 0 aromatic carbocycles. The lowest BCUT2D eigenvalue weighted by molar-refractivity contribution is 0.333. The number of hydrogen-bond acceptors (Lipinski definition) is 5. The lowest BCUT2D eigenvalue weighted by Crippen LogP contribution is -2.34. The van der Waals surface area contributed by atoms with Crippen molar-refractivity contribution in [3.63, 3.8) is 0 Å². The summed E-state index contributed by atoms with van der Waals surface area (Å²) in [6.45, 7) is 1.72. The predicted molar refractivity (Wildman–Crippen MR) is 73.2 cm³/mol. The lowest BCUT2D eigenvalue weighted by atomic mass is 9.94. The molecule has 0 atom stereocenters. The Morgan fingerprint density at radius 3 is 2.58 bits per heavy atom. The first kappa shape index (κ1) is 12.4. The highest BCUT2D eigenvalue weighted by Crippen LogP contribution is 2.28. The molecule has 1 N–H and O–H groups in total. The number of nitrogens with one attached hydrogen (secondary N) is 1. The molecule has 1 saturated heterocycles. The Bertz CT molecular complexity index is 599. The molecule has 0 unspecified atom stereocenters. The summed E-state index contributed by atoms with van der Waals surface area (Å²) in [5, 5.41) is 2.34. The molecular weight excluding hydrogens is 312 g/mol. The molecule has 0 aliphatic carbocycles. The van der Waals surface area contributed by atoms with E-state index in [4.69, 9.17) is 4.52 Å². The lowest BCUT2D eigenvalue weighted by Gasteiger charge is -2.30. The Balaban J connectivity index is 1.66. The molecule has 0 radical (unpaired) electrons. The van der Waals surface area contributed by atoms with Crippen LogP contribution < -0.4 is 10.5 Å². The number of halogens is 1. The Labute approximate surface area is 118 Å². The number of aromatic nitrogens is 3. The minimum absolute atomic E-state index is 0.173. The molecule has 0 saturated carbocycles. The summed E-state index contributed by atoms with van der Waals surface area (Å²) in [6.07, 6.45) is 5.36. The minimum Gasteiger partial charge on any atom is -0.383 e. The van der Waals surface area contributed by atoms with Crippen molar-refractivity contribution >= 4 is 21.9 Å². The quantitative estimate of drug-likeness (QED) is 0.913. The Kier molecular flexibility index (Phi) is 3.37. The number of nitrogens with zero attached hydrogens (tertiary/aromatic N) is 3. The van der Waals surface area contributed by atoms with Crippen LogP contribution in [0.15, 0.2) is 32.3 Å². The normalized spacial score (nSPS) is 16.8. The molecule has 7 heteroatoms. The van der Waals surface area contributed by atoms with E-state index in [1.807, 2.05) is 0 Å². The van der Waals surface area contributed by atoms with E-state index in [1.54, 1.807) is 12.4 Å². The first-order valence-electron chi connectivity index (χ1n) is 6.13. The highest BCUT2D eigenvalue weighted by molar-refractivity contribution is 9.10. The summed E-state index contributed by atoms with van der Waals surface area (Å²) >= 11 is 3.32. The Morgan fingerprint density at radius 2 is 2.00 bits per heavy atom. The number of hydrogen-bond donors (Lipinski definition) is 1. The van der Waals surface area contributed by atoms with Gasteiger partial charge in [0, 0.05) is 37.5 Å². The number of aromatic amines is 1. The van der Waals surface area contributed by atoms with Crippen LogP contribution in [0.3, 0.4) is 0 Å². The van der Waals surface area contributed by atoms with Crippen molar-refractivity contribution in [3.05, 3.63) is 39.0 Å². The van der Waals surface area contributed by atoms with Gasteiger partial charge in [-0.3, -0.25) is 4.79 Å². The van der Waals surface area contributed by atoms with Gasteiger partial charge >= 0.3 is 0 Å². The van der Waals surface area contributed by atoms with Crippen molar-refractivity contribution in [3.8, 4) is 0 Å². The van der Waals surface area contributed by atoms with Crippen LogP contribution in [-0.2, 0) is 0 Å². The highest BCUT2D eigenvalue weighted by Gasteiger charge is 2.24. The maximum absolute atomic E-state index is 11.1. The molecule has 0 spiro atoms. The SMILES string of the molecule is O=c1cc(C2CCN(c3ncc(Br)cn3)CC2)o[nH]1. The molecule has 0 amide bonds. The largest absolute Gasteiger partial charge is 0.383 e. The average Bonchev–Trinajstić information content (AvgIpc) is 2.87. The van der Waals surface area contributed by atoms with Crippen molar-refractivity contribution in [2.45, 2.75) is 18.8 Å². The maximum atomic E-state index is 11.1.